The van der Waals surface area contributed by atoms with Crippen LogP contribution in [0.15, 0.2) is 39.9 Å². The van der Waals surface area contributed by atoms with Gasteiger partial charge in [-0.2, -0.15) is 18.3 Å². The van der Waals surface area contributed by atoms with Gasteiger partial charge < -0.3 is 11.1 Å². The largest absolute Gasteiger partial charge is 0.471 e. The number of alkyl halides is 3. The van der Waals surface area contributed by atoms with E-state index in [1.807, 2.05) is 5.32 Å². The Hall–Kier alpha value is -2.36. The molecule has 0 radical (unpaired) electrons. The molecule has 1 unspecified atom stereocenters. The summed E-state index contributed by atoms with van der Waals surface area (Å²) in [5, 5.41) is 6.06. The van der Waals surface area contributed by atoms with Crippen molar-refractivity contribution in [3.8, 4) is 0 Å². The van der Waals surface area contributed by atoms with Crippen molar-refractivity contribution < 1.29 is 18.0 Å². The number of nitrogens with two attached hydrogens (primary N) is 1. The summed E-state index contributed by atoms with van der Waals surface area (Å²) >= 11 is 3.35. The Bertz CT molecular complexity index is 876. The van der Waals surface area contributed by atoms with Gasteiger partial charge in [-0.25, -0.2) is 0 Å². The van der Waals surface area contributed by atoms with Gasteiger partial charge >= 0.3 is 12.1 Å². The summed E-state index contributed by atoms with van der Waals surface area (Å²) in [6.45, 7) is 2.15. The second-order valence-electron chi connectivity index (χ2n) is 5.80. The van der Waals surface area contributed by atoms with E-state index in [0.717, 1.165) is 0 Å². The maximum absolute atomic E-state index is 12.4. The fourth-order valence-corrected chi connectivity index (χ4v) is 3.17. The molecule has 1 aliphatic rings. The van der Waals surface area contributed by atoms with E-state index in [4.69, 9.17) is 5.73 Å². The quantitative estimate of drug-likeness (QED) is 0.790. The lowest BCUT2D eigenvalue weighted by molar-refractivity contribution is -0.167. The number of hydrogen-bond donors (Lipinski definition) is 2. The normalized spacial score (nSPS) is 20.0. The summed E-state index contributed by atoms with van der Waals surface area (Å²) in [5.41, 5.74) is 6.48. The minimum atomic E-state index is -4.95. The number of rotatable bonds is 2. The van der Waals surface area contributed by atoms with Crippen molar-refractivity contribution in [3.63, 3.8) is 0 Å². The number of aliphatic imine (C=N–C) groups is 1. The first-order valence-corrected chi connectivity index (χ1v) is 7.95. The molecule has 0 saturated carbocycles. The third-order valence-corrected chi connectivity index (χ3v) is 4.44. The summed E-state index contributed by atoms with van der Waals surface area (Å²) in [6, 6.07) is 6.09. The van der Waals surface area contributed by atoms with Gasteiger partial charge in [-0.3, -0.25) is 14.5 Å². The van der Waals surface area contributed by atoms with E-state index in [9.17, 15) is 18.0 Å². The second kappa shape index (κ2) is 5.87. The van der Waals surface area contributed by atoms with E-state index < -0.39 is 17.6 Å². The molecule has 3 N–H and O–H groups in total. The molecule has 0 fully saturated rings. The Balaban J connectivity index is 1.94. The number of fused-ring (bicyclic) bond motifs is 1. The van der Waals surface area contributed by atoms with Crippen molar-refractivity contribution >= 4 is 33.4 Å². The number of halogens is 4. The molecular formula is C15H13BrF3N5O. The van der Waals surface area contributed by atoms with Crippen LogP contribution >= 0.6 is 15.9 Å². The Kier molecular flexibility index (Phi) is 4.10. The summed E-state index contributed by atoms with van der Waals surface area (Å²) in [7, 11) is 0. The molecule has 2 heterocycles. The van der Waals surface area contributed by atoms with E-state index in [1.54, 1.807) is 29.9 Å². The van der Waals surface area contributed by atoms with Gasteiger partial charge in [0.25, 0.3) is 0 Å². The number of amidine groups is 1. The maximum Gasteiger partial charge on any atom is 0.471 e. The van der Waals surface area contributed by atoms with E-state index in [1.165, 1.54) is 12.1 Å². The van der Waals surface area contributed by atoms with Crippen molar-refractivity contribution in [1.82, 2.24) is 9.78 Å². The number of anilines is 1. The van der Waals surface area contributed by atoms with Crippen LogP contribution < -0.4 is 11.1 Å². The van der Waals surface area contributed by atoms with Gasteiger partial charge in [0.1, 0.15) is 17.1 Å². The van der Waals surface area contributed by atoms with Gasteiger partial charge in [0.15, 0.2) is 0 Å². The molecule has 0 aliphatic carbocycles. The highest BCUT2D eigenvalue weighted by Crippen LogP contribution is 2.34. The predicted molar refractivity (Wildman–Crippen MR) is 89.1 cm³/mol. The first-order chi connectivity index (χ1) is 11.6. The minimum absolute atomic E-state index is 0.0299. The molecule has 1 aromatic heterocycles. The van der Waals surface area contributed by atoms with Crippen molar-refractivity contribution in [2.45, 2.75) is 25.2 Å². The molecule has 1 atom stereocenters. The Morgan fingerprint density at radius 1 is 1.44 bits per heavy atom. The van der Waals surface area contributed by atoms with Crippen LogP contribution in [0.3, 0.4) is 0 Å². The van der Waals surface area contributed by atoms with Crippen LogP contribution in [0.4, 0.5) is 18.9 Å². The highest BCUT2D eigenvalue weighted by Gasteiger charge is 2.39. The SMILES string of the molecule is CC1(c2cccc(NC(=O)C(F)(F)F)c2)Cn2ncc(Br)c2C(N)=N1. The van der Waals surface area contributed by atoms with Crippen LogP contribution in [-0.4, -0.2) is 27.7 Å². The van der Waals surface area contributed by atoms with Crippen molar-refractivity contribution in [2.24, 2.45) is 10.7 Å². The molecule has 25 heavy (non-hydrogen) atoms. The maximum atomic E-state index is 12.4. The van der Waals surface area contributed by atoms with Crippen LogP contribution in [0, 0.1) is 0 Å². The minimum Gasteiger partial charge on any atom is -0.382 e. The molecule has 2 aromatic rings. The van der Waals surface area contributed by atoms with Crippen LogP contribution in [0.25, 0.3) is 0 Å². The van der Waals surface area contributed by atoms with Gasteiger partial charge in [-0.1, -0.05) is 12.1 Å². The number of nitrogens with zero attached hydrogens (tertiary/aromatic N) is 3. The average molecular weight is 416 g/mol. The van der Waals surface area contributed by atoms with Gasteiger partial charge in [0, 0.05) is 5.69 Å². The smallest absolute Gasteiger partial charge is 0.382 e. The molecule has 132 valence electrons. The molecule has 10 heteroatoms. The predicted octanol–water partition coefficient (Wildman–Crippen LogP) is 2.78. The molecule has 6 nitrogen and oxygen atoms in total. The number of carbonyl (C=O) groups is 1. The van der Waals surface area contributed by atoms with E-state index in [-0.39, 0.29) is 11.5 Å². The van der Waals surface area contributed by atoms with Crippen LogP contribution in [-0.2, 0) is 16.9 Å². The van der Waals surface area contributed by atoms with E-state index >= 15 is 0 Å². The lowest BCUT2D eigenvalue weighted by Crippen LogP contribution is -2.37. The Morgan fingerprint density at radius 3 is 2.84 bits per heavy atom. The number of carbonyl (C=O) groups excluding carboxylic acids is 1. The van der Waals surface area contributed by atoms with Gasteiger partial charge in [-0.05, 0) is 40.5 Å². The summed E-state index contributed by atoms with van der Waals surface area (Å²) in [4.78, 5) is 15.6. The number of aromatic nitrogens is 2. The third kappa shape index (κ3) is 3.26. The lowest BCUT2D eigenvalue weighted by Gasteiger charge is -2.31. The summed E-state index contributed by atoms with van der Waals surface area (Å²) in [6.07, 6.45) is -3.35. The third-order valence-electron chi connectivity index (χ3n) is 3.86. The topological polar surface area (TPSA) is 85.3 Å². The summed E-state index contributed by atoms with van der Waals surface area (Å²) < 4.78 is 39.6. The number of benzene rings is 1. The highest BCUT2D eigenvalue weighted by molar-refractivity contribution is 9.10. The van der Waals surface area contributed by atoms with E-state index in [0.29, 0.717) is 22.3 Å². The zero-order valence-corrected chi connectivity index (χ0v) is 14.5. The zero-order chi connectivity index (χ0) is 18.4. The van der Waals surface area contributed by atoms with Crippen LogP contribution in [0.5, 0.6) is 0 Å². The first-order valence-electron chi connectivity index (χ1n) is 7.16. The zero-order valence-electron chi connectivity index (χ0n) is 12.9. The number of hydrogen-bond acceptors (Lipinski definition) is 4. The van der Waals surface area contributed by atoms with Crippen LogP contribution in [0.1, 0.15) is 18.2 Å². The lowest BCUT2D eigenvalue weighted by atomic mass is 9.91. The second-order valence-corrected chi connectivity index (χ2v) is 6.66. The fourth-order valence-electron chi connectivity index (χ4n) is 2.67. The van der Waals surface area contributed by atoms with Crippen LogP contribution in [0.2, 0.25) is 0 Å². The van der Waals surface area contributed by atoms with Crippen molar-refractivity contribution in [2.75, 3.05) is 5.32 Å². The van der Waals surface area contributed by atoms with Gasteiger partial charge in [0.2, 0.25) is 0 Å². The Morgan fingerprint density at radius 2 is 2.16 bits per heavy atom. The van der Waals surface area contributed by atoms with E-state index in [2.05, 4.69) is 26.0 Å². The molecule has 0 bridgehead atoms. The highest BCUT2D eigenvalue weighted by atomic mass is 79.9. The monoisotopic (exact) mass is 415 g/mol. The average Bonchev–Trinajstić information content (AvgIpc) is 2.87. The Labute approximate surface area is 149 Å². The molecule has 0 saturated heterocycles. The van der Waals surface area contributed by atoms with Gasteiger partial charge in [0.05, 0.1) is 17.2 Å². The summed E-state index contributed by atoms with van der Waals surface area (Å²) in [5.74, 6) is -1.76. The molecular weight excluding hydrogens is 403 g/mol. The molecule has 0 spiro atoms. The first kappa shape index (κ1) is 17.5. The van der Waals surface area contributed by atoms with Crippen molar-refractivity contribution in [3.05, 3.63) is 46.2 Å². The molecule has 1 aromatic carbocycles. The standard InChI is InChI=1S/C15H13BrF3N5O/c1-14(7-24-11(12(20)23-14)10(16)6-21-24)8-3-2-4-9(5-8)22-13(25)15(17,18)19/h2-6H,7H2,1H3,(H2,20,23)(H,22,25). The molecule has 1 aliphatic heterocycles. The fraction of sp³-hybridized carbons (Fsp3) is 0.267. The molecule has 1 amide bonds. The number of amides is 1. The van der Waals surface area contributed by atoms with Crippen molar-refractivity contribution in [1.29, 1.82) is 0 Å². The number of nitrogens with one attached hydrogen (secondary N) is 1. The molecule has 3 rings (SSSR count). The van der Waals surface area contributed by atoms with Gasteiger partial charge in [-0.15, -0.1) is 0 Å².